The molecule has 5 heteroatoms. The van der Waals surface area contributed by atoms with E-state index in [1.165, 1.54) is 12.1 Å². The maximum Gasteiger partial charge on any atom is 0.256 e. The Morgan fingerprint density at radius 2 is 2.00 bits per heavy atom. The Morgan fingerprint density at radius 1 is 1.15 bits per heavy atom. The van der Waals surface area contributed by atoms with Crippen LogP contribution in [0.5, 0.6) is 0 Å². The van der Waals surface area contributed by atoms with E-state index < -0.39 is 0 Å². The molecule has 134 valence electrons. The van der Waals surface area contributed by atoms with Gasteiger partial charge in [0.15, 0.2) is 0 Å². The van der Waals surface area contributed by atoms with Gasteiger partial charge in [0.2, 0.25) is 0 Å². The summed E-state index contributed by atoms with van der Waals surface area (Å²) in [5.41, 5.74) is 2.71. The summed E-state index contributed by atoms with van der Waals surface area (Å²) < 4.78 is 13.1. The first-order valence-corrected chi connectivity index (χ1v) is 9.04. The lowest BCUT2D eigenvalue weighted by atomic mass is 10.0. The number of carbonyl (C=O) groups excluding carboxylic acids is 1. The lowest BCUT2D eigenvalue weighted by molar-refractivity contribution is 0.0627. The molecule has 1 atom stereocenters. The normalized spacial score (nSPS) is 17.6. The summed E-state index contributed by atoms with van der Waals surface area (Å²) in [6.07, 6.45) is 3.54. The number of fused-ring (bicyclic) bond motifs is 1. The largest absolute Gasteiger partial charge is 0.361 e. The lowest BCUT2D eigenvalue weighted by Crippen LogP contribution is -2.53. The van der Waals surface area contributed by atoms with Crippen molar-refractivity contribution in [1.29, 1.82) is 0 Å². The SMILES string of the molecule is O=C(c1cccc2cc[nH]c12)N1CCNCC1CCc1ccc(F)cc1. The van der Waals surface area contributed by atoms with Crippen LogP contribution >= 0.6 is 0 Å². The van der Waals surface area contributed by atoms with E-state index in [9.17, 15) is 9.18 Å². The number of halogens is 1. The van der Waals surface area contributed by atoms with E-state index in [1.54, 1.807) is 0 Å². The van der Waals surface area contributed by atoms with Crippen molar-refractivity contribution in [3.8, 4) is 0 Å². The molecule has 1 fully saturated rings. The molecule has 1 amide bonds. The van der Waals surface area contributed by atoms with Crippen LogP contribution in [-0.2, 0) is 6.42 Å². The number of H-pyrrole nitrogens is 1. The molecule has 2 heterocycles. The van der Waals surface area contributed by atoms with Crippen LogP contribution in [0, 0.1) is 5.82 Å². The van der Waals surface area contributed by atoms with Gasteiger partial charge in [-0.2, -0.15) is 0 Å². The number of nitrogens with one attached hydrogen (secondary N) is 2. The molecule has 4 rings (SSSR count). The van der Waals surface area contributed by atoms with Crippen LogP contribution in [0.15, 0.2) is 54.7 Å². The van der Waals surface area contributed by atoms with Crippen molar-refractivity contribution in [2.75, 3.05) is 19.6 Å². The highest BCUT2D eigenvalue weighted by atomic mass is 19.1. The summed E-state index contributed by atoms with van der Waals surface area (Å²) in [6.45, 7) is 2.29. The summed E-state index contributed by atoms with van der Waals surface area (Å²) in [6, 6.07) is 14.6. The molecule has 1 aliphatic rings. The molecular weight excluding hydrogens is 329 g/mol. The predicted molar refractivity (Wildman–Crippen MR) is 101 cm³/mol. The molecule has 0 saturated carbocycles. The Kier molecular flexibility index (Phi) is 4.71. The van der Waals surface area contributed by atoms with Crippen molar-refractivity contribution < 1.29 is 9.18 Å². The summed E-state index contributed by atoms with van der Waals surface area (Å²) in [5.74, 6) is -0.146. The van der Waals surface area contributed by atoms with Crippen LogP contribution in [0.3, 0.4) is 0 Å². The van der Waals surface area contributed by atoms with Gasteiger partial charge in [-0.15, -0.1) is 0 Å². The average molecular weight is 351 g/mol. The van der Waals surface area contributed by atoms with Crippen molar-refractivity contribution in [3.63, 3.8) is 0 Å². The first-order chi connectivity index (χ1) is 12.7. The maximum atomic E-state index is 13.2. The molecule has 1 saturated heterocycles. The third-order valence-corrected chi connectivity index (χ3v) is 5.11. The second-order valence-electron chi connectivity index (χ2n) is 6.77. The van der Waals surface area contributed by atoms with Gasteiger partial charge in [-0.05, 0) is 42.7 Å². The Morgan fingerprint density at radius 3 is 2.85 bits per heavy atom. The molecule has 3 aromatic rings. The van der Waals surface area contributed by atoms with Gasteiger partial charge in [0.05, 0.1) is 11.1 Å². The van der Waals surface area contributed by atoms with Crippen LogP contribution in [0.4, 0.5) is 4.39 Å². The first kappa shape index (κ1) is 16.8. The van der Waals surface area contributed by atoms with Gasteiger partial charge in [-0.25, -0.2) is 4.39 Å². The highest BCUT2D eigenvalue weighted by Crippen LogP contribution is 2.21. The lowest BCUT2D eigenvalue weighted by Gasteiger charge is -2.36. The molecular formula is C21H22FN3O. The summed E-state index contributed by atoms with van der Waals surface area (Å²) in [7, 11) is 0. The molecule has 1 aromatic heterocycles. The monoisotopic (exact) mass is 351 g/mol. The van der Waals surface area contributed by atoms with Crippen LogP contribution in [0.1, 0.15) is 22.3 Å². The number of piperazine rings is 1. The van der Waals surface area contributed by atoms with Crippen molar-refractivity contribution in [3.05, 3.63) is 71.7 Å². The summed E-state index contributed by atoms with van der Waals surface area (Å²) in [5, 5.41) is 4.44. The Bertz CT molecular complexity index is 903. The molecule has 1 aliphatic heterocycles. The topological polar surface area (TPSA) is 48.1 Å². The second-order valence-corrected chi connectivity index (χ2v) is 6.77. The molecule has 2 N–H and O–H groups in total. The van der Waals surface area contributed by atoms with Gasteiger partial charge >= 0.3 is 0 Å². The molecule has 4 nitrogen and oxygen atoms in total. The zero-order valence-electron chi connectivity index (χ0n) is 14.5. The number of hydrogen-bond acceptors (Lipinski definition) is 2. The fourth-order valence-corrected chi connectivity index (χ4v) is 3.69. The minimum absolute atomic E-state index is 0.0728. The molecule has 26 heavy (non-hydrogen) atoms. The fourth-order valence-electron chi connectivity index (χ4n) is 3.69. The fraction of sp³-hybridized carbons (Fsp3) is 0.286. The zero-order valence-corrected chi connectivity index (χ0v) is 14.5. The summed E-state index contributed by atoms with van der Waals surface area (Å²) in [4.78, 5) is 18.4. The molecule has 1 unspecified atom stereocenters. The minimum atomic E-state index is -0.219. The first-order valence-electron chi connectivity index (χ1n) is 9.04. The molecule has 0 spiro atoms. The minimum Gasteiger partial charge on any atom is -0.361 e. The van der Waals surface area contributed by atoms with E-state index in [-0.39, 0.29) is 17.8 Å². The highest BCUT2D eigenvalue weighted by molar-refractivity contribution is 6.05. The molecule has 0 bridgehead atoms. The number of carbonyl (C=O) groups is 1. The Balaban J connectivity index is 1.52. The van der Waals surface area contributed by atoms with Crippen molar-refractivity contribution >= 4 is 16.8 Å². The van der Waals surface area contributed by atoms with E-state index in [0.717, 1.165) is 48.0 Å². The highest BCUT2D eigenvalue weighted by Gasteiger charge is 2.28. The van der Waals surface area contributed by atoms with Crippen molar-refractivity contribution in [2.45, 2.75) is 18.9 Å². The smallest absolute Gasteiger partial charge is 0.256 e. The number of hydrogen-bond donors (Lipinski definition) is 2. The number of aromatic amines is 1. The second kappa shape index (κ2) is 7.30. The number of amides is 1. The number of benzene rings is 2. The van der Waals surface area contributed by atoms with Crippen LogP contribution in [0.2, 0.25) is 0 Å². The van der Waals surface area contributed by atoms with E-state index in [2.05, 4.69) is 10.3 Å². The molecule has 2 aromatic carbocycles. The third kappa shape index (κ3) is 3.35. The number of aromatic nitrogens is 1. The zero-order chi connectivity index (χ0) is 17.9. The van der Waals surface area contributed by atoms with Gasteiger partial charge in [0, 0.05) is 37.3 Å². The van der Waals surface area contributed by atoms with Crippen molar-refractivity contribution in [2.24, 2.45) is 0 Å². The summed E-state index contributed by atoms with van der Waals surface area (Å²) >= 11 is 0. The van der Waals surface area contributed by atoms with E-state index in [1.807, 2.05) is 47.5 Å². The van der Waals surface area contributed by atoms with Crippen LogP contribution in [0.25, 0.3) is 10.9 Å². The number of rotatable bonds is 4. The predicted octanol–water partition coefficient (Wildman–Crippen LogP) is 3.35. The Hall–Kier alpha value is -2.66. The van der Waals surface area contributed by atoms with E-state index in [0.29, 0.717) is 6.54 Å². The maximum absolute atomic E-state index is 13.2. The van der Waals surface area contributed by atoms with Gasteiger partial charge < -0.3 is 15.2 Å². The van der Waals surface area contributed by atoms with Gasteiger partial charge in [-0.3, -0.25) is 4.79 Å². The van der Waals surface area contributed by atoms with E-state index in [4.69, 9.17) is 0 Å². The number of nitrogens with zero attached hydrogens (tertiary/aromatic N) is 1. The average Bonchev–Trinajstić information content (AvgIpc) is 3.16. The quantitative estimate of drug-likeness (QED) is 0.757. The Labute approximate surface area is 152 Å². The molecule has 0 radical (unpaired) electrons. The standard InChI is InChI=1S/C21H22FN3O/c22-17-7-4-15(5-8-17)6-9-18-14-23-12-13-25(18)21(26)19-3-1-2-16-10-11-24-20(16)19/h1-5,7-8,10-11,18,23-24H,6,9,12-14H2. The molecule has 0 aliphatic carbocycles. The van der Waals surface area contributed by atoms with Crippen LogP contribution in [-0.4, -0.2) is 41.5 Å². The van der Waals surface area contributed by atoms with Crippen molar-refractivity contribution in [1.82, 2.24) is 15.2 Å². The third-order valence-electron chi connectivity index (χ3n) is 5.11. The number of aryl methyl sites for hydroxylation is 1. The van der Waals surface area contributed by atoms with E-state index >= 15 is 0 Å². The van der Waals surface area contributed by atoms with Gasteiger partial charge in [-0.1, -0.05) is 24.3 Å². The van der Waals surface area contributed by atoms with Gasteiger partial charge in [0.25, 0.3) is 5.91 Å². The van der Waals surface area contributed by atoms with Crippen LogP contribution < -0.4 is 5.32 Å². The number of para-hydroxylation sites is 1. The van der Waals surface area contributed by atoms with Gasteiger partial charge in [0.1, 0.15) is 5.82 Å².